The zero-order valence-electron chi connectivity index (χ0n) is 17.8. The van der Waals surface area contributed by atoms with Crippen molar-refractivity contribution in [1.29, 1.82) is 0 Å². The Labute approximate surface area is 185 Å². The summed E-state index contributed by atoms with van der Waals surface area (Å²) in [5, 5.41) is 8.47. The highest BCUT2D eigenvalue weighted by Crippen LogP contribution is 2.28. The predicted octanol–water partition coefficient (Wildman–Crippen LogP) is 2.87. The van der Waals surface area contributed by atoms with Crippen LogP contribution in [-0.2, 0) is 24.2 Å². The van der Waals surface area contributed by atoms with Gasteiger partial charge in [-0.3, -0.25) is 9.59 Å². The molecule has 2 aliphatic rings. The number of fused-ring (bicyclic) bond motifs is 2. The van der Waals surface area contributed by atoms with Gasteiger partial charge < -0.3 is 10.2 Å². The zero-order chi connectivity index (χ0) is 21.4. The maximum atomic E-state index is 12.9. The average molecular weight is 438 g/mol. The van der Waals surface area contributed by atoms with Crippen molar-refractivity contribution in [3.8, 4) is 0 Å². The standard InChI is InChI=1S/C23H27N5O2S/c1-15-6-4-7-16(12-15)13-24-20(29)17-8-5-11-27(14-17)23-26-28-21(30)18-9-2-3-10-19(18)25-22(28)31-23/h4,6-7,12,17H,2-3,5,8-11,13-14H2,1H3,(H,24,29)/t17-/m0/s1. The fourth-order valence-electron chi connectivity index (χ4n) is 4.61. The van der Waals surface area contributed by atoms with Gasteiger partial charge in [-0.05, 0) is 51.0 Å². The van der Waals surface area contributed by atoms with Gasteiger partial charge >= 0.3 is 0 Å². The van der Waals surface area contributed by atoms with Crippen LogP contribution in [0.3, 0.4) is 0 Å². The molecule has 3 heterocycles. The van der Waals surface area contributed by atoms with E-state index in [0.29, 0.717) is 18.1 Å². The Morgan fingerprint density at radius 2 is 2.13 bits per heavy atom. The van der Waals surface area contributed by atoms with Gasteiger partial charge in [0.1, 0.15) is 0 Å². The highest BCUT2D eigenvalue weighted by molar-refractivity contribution is 7.20. The van der Waals surface area contributed by atoms with Crippen LogP contribution in [0.2, 0.25) is 0 Å². The summed E-state index contributed by atoms with van der Waals surface area (Å²) >= 11 is 1.45. The molecule has 1 aliphatic heterocycles. The number of rotatable bonds is 4. The van der Waals surface area contributed by atoms with Gasteiger partial charge in [-0.1, -0.05) is 41.2 Å². The fourth-order valence-corrected chi connectivity index (χ4v) is 5.56. The first-order valence-electron chi connectivity index (χ1n) is 11.1. The first-order chi connectivity index (χ1) is 15.1. The third-order valence-electron chi connectivity index (χ3n) is 6.28. The Hall–Kier alpha value is -2.74. The van der Waals surface area contributed by atoms with Crippen LogP contribution in [0.15, 0.2) is 29.1 Å². The van der Waals surface area contributed by atoms with E-state index in [1.165, 1.54) is 21.4 Å². The van der Waals surface area contributed by atoms with E-state index in [4.69, 9.17) is 4.98 Å². The van der Waals surface area contributed by atoms with Crippen LogP contribution in [0.5, 0.6) is 0 Å². The molecule has 1 atom stereocenters. The van der Waals surface area contributed by atoms with Crippen molar-refractivity contribution in [2.24, 2.45) is 5.92 Å². The molecular weight excluding hydrogens is 410 g/mol. The monoisotopic (exact) mass is 437 g/mol. The number of benzene rings is 1. The molecule has 1 amide bonds. The third kappa shape index (κ3) is 4.08. The minimum absolute atomic E-state index is 0.0216. The van der Waals surface area contributed by atoms with Crippen LogP contribution in [0.4, 0.5) is 5.13 Å². The largest absolute Gasteiger partial charge is 0.352 e. The Morgan fingerprint density at radius 3 is 3.00 bits per heavy atom. The number of anilines is 1. The van der Waals surface area contributed by atoms with Crippen LogP contribution in [0, 0.1) is 12.8 Å². The van der Waals surface area contributed by atoms with E-state index in [0.717, 1.165) is 67.0 Å². The number of hydrogen-bond donors (Lipinski definition) is 1. The summed E-state index contributed by atoms with van der Waals surface area (Å²) in [7, 11) is 0. The molecule has 0 radical (unpaired) electrons. The molecule has 1 fully saturated rings. The normalized spacial score (nSPS) is 18.7. The van der Waals surface area contributed by atoms with E-state index in [-0.39, 0.29) is 17.4 Å². The van der Waals surface area contributed by atoms with Crippen LogP contribution in [0.1, 0.15) is 48.1 Å². The summed E-state index contributed by atoms with van der Waals surface area (Å²) in [5.41, 5.74) is 4.05. The van der Waals surface area contributed by atoms with Gasteiger partial charge in [-0.25, -0.2) is 4.98 Å². The summed E-state index contributed by atoms with van der Waals surface area (Å²) < 4.78 is 1.46. The molecule has 0 bridgehead atoms. The van der Waals surface area contributed by atoms with Crippen molar-refractivity contribution < 1.29 is 4.79 Å². The number of carbonyl (C=O) groups is 1. The molecule has 162 valence electrons. The van der Waals surface area contributed by atoms with Crippen molar-refractivity contribution in [2.75, 3.05) is 18.0 Å². The number of aryl methyl sites for hydroxylation is 2. The van der Waals surface area contributed by atoms with Crippen LogP contribution in [-0.4, -0.2) is 33.6 Å². The lowest BCUT2D eigenvalue weighted by Crippen LogP contribution is -2.43. The lowest BCUT2D eigenvalue weighted by molar-refractivity contribution is -0.125. The zero-order valence-corrected chi connectivity index (χ0v) is 18.6. The maximum Gasteiger partial charge on any atom is 0.278 e. The number of carbonyl (C=O) groups excluding carboxylic acids is 1. The molecule has 1 N–H and O–H groups in total. The smallest absolute Gasteiger partial charge is 0.278 e. The SMILES string of the molecule is Cc1cccc(CNC(=O)[C@H]2CCCN(c3nn4c(=O)c5c(nc4s3)CCCC5)C2)c1. The molecule has 0 unspecified atom stereocenters. The quantitative estimate of drug-likeness (QED) is 0.679. The number of hydrogen-bond acceptors (Lipinski definition) is 6. The molecule has 2 aromatic heterocycles. The predicted molar refractivity (Wildman–Crippen MR) is 122 cm³/mol. The molecule has 1 aliphatic carbocycles. The van der Waals surface area contributed by atoms with E-state index >= 15 is 0 Å². The highest BCUT2D eigenvalue weighted by Gasteiger charge is 2.28. The van der Waals surface area contributed by atoms with Crippen LogP contribution < -0.4 is 15.8 Å². The second-order valence-electron chi connectivity index (χ2n) is 8.62. The summed E-state index contributed by atoms with van der Waals surface area (Å²) in [4.78, 5) is 33.2. The molecule has 5 rings (SSSR count). The molecule has 31 heavy (non-hydrogen) atoms. The van der Waals surface area contributed by atoms with Crippen molar-refractivity contribution >= 4 is 27.3 Å². The highest BCUT2D eigenvalue weighted by atomic mass is 32.1. The molecule has 0 saturated carbocycles. The molecule has 1 aromatic carbocycles. The first kappa shape index (κ1) is 20.2. The molecular formula is C23H27N5O2S. The number of aromatic nitrogens is 3. The minimum atomic E-state index is -0.0801. The van der Waals surface area contributed by atoms with E-state index in [9.17, 15) is 9.59 Å². The van der Waals surface area contributed by atoms with Crippen molar-refractivity contribution in [2.45, 2.75) is 52.0 Å². The maximum absolute atomic E-state index is 12.9. The van der Waals surface area contributed by atoms with Gasteiger partial charge in [0.15, 0.2) is 0 Å². The lowest BCUT2D eigenvalue weighted by Gasteiger charge is -2.31. The van der Waals surface area contributed by atoms with Crippen LogP contribution in [0.25, 0.3) is 4.96 Å². The van der Waals surface area contributed by atoms with E-state index in [1.54, 1.807) is 0 Å². The van der Waals surface area contributed by atoms with E-state index in [1.807, 2.05) is 12.1 Å². The van der Waals surface area contributed by atoms with Crippen LogP contribution >= 0.6 is 11.3 Å². The Morgan fingerprint density at radius 1 is 1.26 bits per heavy atom. The van der Waals surface area contributed by atoms with Gasteiger partial charge in [-0.2, -0.15) is 4.52 Å². The number of nitrogens with zero attached hydrogens (tertiary/aromatic N) is 4. The Bertz CT molecular complexity index is 1180. The topological polar surface area (TPSA) is 79.6 Å². The number of amides is 1. The summed E-state index contributed by atoms with van der Waals surface area (Å²) in [6, 6.07) is 8.20. The van der Waals surface area contributed by atoms with Gasteiger partial charge in [0, 0.05) is 25.2 Å². The second-order valence-corrected chi connectivity index (χ2v) is 9.55. The van der Waals surface area contributed by atoms with Gasteiger partial charge in [-0.15, -0.1) is 5.10 Å². The second kappa shape index (κ2) is 8.42. The molecule has 1 saturated heterocycles. The molecule has 8 heteroatoms. The molecule has 3 aromatic rings. The number of nitrogens with one attached hydrogen (secondary N) is 1. The third-order valence-corrected chi connectivity index (χ3v) is 7.25. The lowest BCUT2D eigenvalue weighted by atomic mass is 9.97. The van der Waals surface area contributed by atoms with Crippen molar-refractivity contribution in [3.05, 3.63) is 57.0 Å². The number of piperidine rings is 1. The van der Waals surface area contributed by atoms with Gasteiger partial charge in [0.05, 0.1) is 11.6 Å². The average Bonchev–Trinajstić information content (AvgIpc) is 3.22. The van der Waals surface area contributed by atoms with Gasteiger partial charge in [0.25, 0.3) is 5.56 Å². The summed E-state index contributed by atoms with van der Waals surface area (Å²) in [6.07, 6.45) is 5.60. The van der Waals surface area contributed by atoms with Gasteiger partial charge in [0.2, 0.25) is 16.0 Å². The minimum Gasteiger partial charge on any atom is -0.352 e. The Balaban J connectivity index is 1.31. The van der Waals surface area contributed by atoms with E-state index in [2.05, 4.69) is 34.4 Å². The van der Waals surface area contributed by atoms with Crippen molar-refractivity contribution in [3.63, 3.8) is 0 Å². The fraction of sp³-hybridized carbons (Fsp3) is 0.478. The molecule has 7 nitrogen and oxygen atoms in total. The van der Waals surface area contributed by atoms with Crippen molar-refractivity contribution in [1.82, 2.24) is 19.9 Å². The summed E-state index contributed by atoms with van der Waals surface area (Å²) in [6.45, 7) is 4.06. The first-order valence-corrected chi connectivity index (χ1v) is 11.9. The Kier molecular flexibility index (Phi) is 5.48. The summed E-state index contributed by atoms with van der Waals surface area (Å²) in [5.74, 6) is 0.00142. The molecule has 0 spiro atoms. The van der Waals surface area contributed by atoms with E-state index < -0.39 is 0 Å².